The average Bonchev–Trinajstić information content (AvgIpc) is 2.70. The van der Waals surface area contributed by atoms with E-state index in [1.165, 1.54) is 35.3 Å². The summed E-state index contributed by atoms with van der Waals surface area (Å²) in [5.74, 6) is -2.17. The molecular weight excluding hydrogens is 318 g/mol. The molecule has 1 saturated heterocycles. The van der Waals surface area contributed by atoms with Gasteiger partial charge in [-0.25, -0.2) is 4.79 Å². The zero-order valence-electron chi connectivity index (χ0n) is 11.4. The maximum absolute atomic E-state index is 12.2. The first-order valence-electron chi connectivity index (χ1n) is 6.26. The van der Waals surface area contributed by atoms with E-state index in [4.69, 9.17) is 9.84 Å². The Labute approximate surface area is 129 Å². The minimum absolute atomic E-state index is 0.0419. The second-order valence-corrected chi connectivity index (χ2v) is 7.06. The molecule has 21 heavy (non-hydrogen) atoms. The molecule has 0 saturated carbocycles. The van der Waals surface area contributed by atoms with Gasteiger partial charge in [0.2, 0.25) is 5.91 Å². The Bertz CT molecular complexity index is 520. The van der Waals surface area contributed by atoms with E-state index in [0.717, 1.165) is 0 Å². The van der Waals surface area contributed by atoms with Crippen molar-refractivity contribution in [3.8, 4) is 0 Å². The molecule has 2 rings (SSSR count). The summed E-state index contributed by atoms with van der Waals surface area (Å²) in [6.45, 7) is 2.82. The topological polar surface area (TPSA) is 104 Å². The van der Waals surface area contributed by atoms with Crippen molar-refractivity contribution in [3.05, 3.63) is 9.93 Å². The van der Waals surface area contributed by atoms with Gasteiger partial charge in [-0.3, -0.25) is 14.5 Å². The highest BCUT2D eigenvalue weighted by molar-refractivity contribution is 8.22. The van der Waals surface area contributed by atoms with Crippen LogP contribution in [0.2, 0.25) is 0 Å². The zero-order valence-corrected chi connectivity index (χ0v) is 13.1. The fourth-order valence-electron chi connectivity index (χ4n) is 2.31. The van der Waals surface area contributed by atoms with Crippen molar-refractivity contribution < 1.29 is 29.3 Å². The van der Waals surface area contributed by atoms with Crippen molar-refractivity contribution in [2.24, 2.45) is 5.92 Å². The highest BCUT2D eigenvalue weighted by Gasteiger charge is 2.58. The second-order valence-electron chi connectivity index (χ2n) is 4.57. The van der Waals surface area contributed by atoms with E-state index < -0.39 is 24.0 Å². The van der Waals surface area contributed by atoms with Crippen LogP contribution in [0.15, 0.2) is 9.93 Å². The molecule has 0 aromatic carbocycles. The van der Waals surface area contributed by atoms with Gasteiger partial charge in [-0.1, -0.05) is 11.8 Å². The third kappa shape index (κ3) is 2.90. The molecule has 1 fully saturated rings. The number of nitrogens with zero attached hydrogens (tertiary/aromatic N) is 1. The van der Waals surface area contributed by atoms with Gasteiger partial charge in [-0.15, -0.1) is 11.8 Å². The lowest BCUT2D eigenvalue weighted by Crippen LogP contribution is -2.61. The lowest BCUT2D eigenvalue weighted by Gasteiger charge is -2.44. The molecule has 0 bridgehead atoms. The fraction of sp³-hybridized carbons (Fsp3) is 0.583. The van der Waals surface area contributed by atoms with E-state index in [1.54, 1.807) is 6.92 Å². The maximum Gasteiger partial charge on any atom is 0.354 e. The summed E-state index contributed by atoms with van der Waals surface area (Å²) in [5.41, 5.74) is -0.0419. The van der Waals surface area contributed by atoms with Gasteiger partial charge in [-0.2, -0.15) is 0 Å². The fourth-order valence-corrected chi connectivity index (χ4v) is 5.05. The number of hydrogen-bond donors (Lipinski definition) is 2. The summed E-state index contributed by atoms with van der Waals surface area (Å²) in [4.78, 5) is 35.7. The van der Waals surface area contributed by atoms with Crippen LogP contribution in [0.5, 0.6) is 0 Å². The highest BCUT2D eigenvalue weighted by Crippen LogP contribution is 2.53. The van der Waals surface area contributed by atoms with E-state index >= 15 is 0 Å². The number of aliphatic hydroxyl groups excluding tert-OH is 1. The van der Waals surface area contributed by atoms with Crippen LogP contribution < -0.4 is 0 Å². The number of ether oxygens (including phenoxy) is 1. The molecule has 1 amide bonds. The number of fused-ring (bicyclic) bond motifs is 1. The van der Waals surface area contributed by atoms with Crippen molar-refractivity contribution >= 4 is 41.4 Å². The molecule has 3 atom stereocenters. The molecule has 0 aliphatic carbocycles. The number of carboxylic acids is 1. The molecule has 2 aliphatic heterocycles. The van der Waals surface area contributed by atoms with E-state index in [-0.39, 0.29) is 23.6 Å². The Morgan fingerprint density at radius 3 is 2.71 bits per heavy atom. The Balaban J connectivity index is 2.15. The molecule has 9 heteroatoms. The van der Waals surface area contributed by atoms with Gasteiger partial charge < -0.3 is 14.9 Å². The standard InChI is InChI=1S/C12H15NO6S2/c1-5(19-6(2)15)7-9(16)13-8(11(17)18)12(20-4-3-14)21-10(7)13/h5,7,10,14H,3-4H2,1-2H3,(H,17,18)/t5?,7?,10-/m1/s1. The van der Waals surface area contributed by atoms with Crippen LogP contribution in [0.3, 0.4) is 0 Å². The third-order valence-electron chi connectivity index (χ3n) is 3.13. The van der Waals surface area contributed by atoms with Crippen LogP contribution in [0.4, 0.5) is 0 Å². The minimum Gasteiger partial charge on any atom is -0.477 e. The van der Waals surface area contributed by atoms with Gasteiger partial charge in [0.1, 0.15) is 17.4 Å². The minimum atomic E-state index is -1.17. The van der Waals surface area contributed by atoms with Crippen molar-refractivity contribution in [2.75, 3.05) is 12.4 Å². The summed E-state index contributed by atoms with van der Waals surface area (Å²) in [5, 5.41) is 17.8. The molecule has 2 aliphatic rings. The summed E-state index contributed by atoms with van der Waals surface area (Å²) in [6, 6.07) is 0. The molecule has 2 heterocycles. The Hall–Kier alpha value is -1.19. The predicted molar refractivity (Wildman–Crippen MR) is 77.1 cm³/mol. The number of hydrogen-bond acceptors (Lipinski definition) is 7. The molecule has 116 valence electrons. The number of amides is 1. The van der Waals surface area contributed by atoms with Crippen LogP contribution >= 0.6 is 23.5 Å². The summed E-state index contributed by atoms with van der Waals surface area (Å²) < 4.78 is 5.54. The van der Waals surface area contributed by atoms with Crippen molar-refractivity contribution in [1.82, 2.24) is 4.90 Å². The van der Waals surface area contributed by atoms with Gasteiger partial charge in [0.05, 0.1) is 10.8 Å². The molecule has 2 unspecified atom stereocenters. The number of esters is 1. The Morgan fingerprint density at radius 2 is 2.19 bits per heavy atom. The van der Waals surface area contributed by atoms with E-state index in [2.05, 4.69) is 0 Å². The van der Waals surface area contributed by atoms with Gasteiger partial charge in [0, 0.05) is 12.7 Å². The summed E-state index contributed by atoms with van der Waals surface area (Å²) in [6.07, 6.45) is -0.596. The van der Waals surface area contributed by atoms with Crippen LogP contribution in [-0.4, -0.2) is 56.8 Å². The molecule has 0 spiro atoms. The van der Waals surface area contributed by atoms with E-state index in [1.807, 2.05) is 0 Å². The molecule has 0 radical (unpaired) electrons. The molecule has 2 N–H and O–H groups in total. The second kappa shape index (κ2) is 6.29. The summed E-state index contributed by atoms with van der Waals surface area (Å²) >= 11 is 2.48. The number of β-lactam (4-membered cyclic amide) rings is 1. The third-order valence-corrected chi connectivity index (χ3v) is 5.77. The lowest BCUT2D eigenvalue weighted by atomic mass is 9.92. The van der Waals surface area contributed by atoms with E-state index in [0.29, 0.717) is 9.99 Å². The number of carboxylic acid groups (broad SMARTS) is 1. The van der Waals surface area contributed by atoms with Crippen LogP contribution in [0.1, 0.15) is 13.8 Å². The first-order chi connectivity index (χ1) is 9.88. The quantitative estimate of drug-likeness (QED) is 0.533. The Kier molecular flexibility index (Phi) is 4.84. The van der Waals surface area contributed by atoms with Gasteiger partial charge >= 0.3 is 11.9 Å². The number of thioether (sulfide) groups is 2. The SMILES string of the molecule is CC(=O)OC(C)C1C(=O)N2C(C(=O)O)=C(SCCO)S[C@H]12. The van der Waals surface area contributed by atoms with Crippen LogP contribution in [-0.2, 0) is 19.1 Å². The van der Waals surface area contributed by atoms with Gasteiger partial charge in [0.25, 0.3) is 0 Å². The molecule has 7 nitrogen and oxygen atoms in total. The van der Waals surface area contributed by atoms with Crippen molar-refractivity contribution in [2.45, 2.75) is 25.3 Å². The number of carbonyl (C=O) groups excluding carboxylic acids is 2. The molecule has 0 aromatic heterocycles. The number of carbonyl (C=O) groups is 3. The lowest BCUT2D eigenvalue weighted by molar-refractivity contribution is -0.165. The molecule has 0 aromatic rings. The largest absolute Gasteiger partial charge is 0.477 e. The normalized spacial score (nSPS) is 25.5. The summed E-state index contributed by atoms with van der Waals surface area (Å²) in [7, 11) is 0. The van der Waals surface area contributed by atoms with E-state index in [9.17, 15) is 19.5 Å². The number of aliphatic carboxylic acids is 1. The monoisotopic (exact) mass is 333 g/mol. The first kappa shape index (κ1) is 16.2. The predicted octanol–water partition coefficient (Wildman–Crippen LogP) is 0.449. The smallest absolute Gasteiger partial charge is 0.354 e. The maximum atomic E-state index is 12.2. The first-order valence-corrected chi connectivity index (χ1v) is 8.13. The Morgan fingerprint density at radius 1 is 1.52 bits per heavy atom. The number of aliphatic hydroxyl groups is 1. The zero-order chi connectivity index (χ0) is 15.7. The molecular formula is C12H15NO6S2. The average molecular weight is 333 g/mol. The van der Waals surface area contributed by atoms with Gasteiger partial charge in [0.15, 0.2) is 5.70 Å². The van der Waals surface area contributed by atoms with Crippen LogP contribution in [0.25, 0.3) is 0 Å². The van der Waals surface area contributed by atoms with Crippen molar-refractivity contribution in [1.29, 1.82) is 0 Å². The van der Waals surface area contributed by atoms with Crippen molar-refractivity contribution in [3.63, 3.8) is 0 Å². The van der Waals surface area contributed by atoms with Gasteiger partial charge in [-0.05, 0) is 6.92 Å². The van der Waals surface area contributed by atoms with Crippen LogP contribution in [0, 0.1) is 5.92 Å². The highest BCUT2D eigenvalue weighted by atomic mass is 32.2. The number of rotatable bonds is 6.